The molecule has 5 rings (SSSR count). The molecule has 4 heteroatoms. The molecule has 1 fully saturated rings. The average Bonchev–Trinajstić information content (AvgIpc) is 3.32. The van der Waals surface area contributed by atoms with Gasteiger partial charge in [0.1, 0.15) is 6.04 Å². The number of carbonyl (C=O) groups excluding carboxylic acids is 2. The number of ether oxygens (including phenoxy) is 1. The third kappa shape index (κ3) is 2.73. The van der Waals surface area contributed by atoms with E-state index in [9.17, 15) is 9.59 Å². The smallest absolute Gasteiger partial charge is 0.323 e. The Kier molecular flexibility index (Phi) is 5.03. The van der Waals surface area contributed by atoms with Crippen molar-refractivity contribution in [1.29, 1.82) is 0 Å². The summed E-state index contributed by atoms with van der Waals surface area (Å²) in [7, 11) is 1.39. The van der Waals surface area contributed by atoms with Crippen LogP contribution in [0.4, 0.5) is 0 Å². The maximum Gasteiger partial charge on any atom is 0.323 e. The first kappa shape index (κ1) is 20.4. The Morgan fingerprint density at radius 2 is 1.56 bits per heavy atom. The fourth-order valence-electron chi connectivity index (χ4n) is 5.63. The number of Topliss-reactive ketones (excluding diaryl/α,β-unsaturated/α-hetero) is 1. The zero-order chi connectivity index (χ0) is 22.3. The minimum Gasteiger partial charge on any atom is -0.468 e. The normalized spacial score (nSPS) is 21.1. The van der Waals surface area contributed by atoms with Gasteiger partial charge in [0.25, 0.3) is 0 Å². The molecule has 0 amide bonds. The van der Waals surface area contributed by atoms with Crippen LogP contribution in [-0.2, 0) is 19.9 Å². The monoisotopic (exact) mass is 423 g/mol. The molecule has 160 valence electrons. The Bertz CT molecular complexity index is 1150. The van der Waals surface area contributed by atoms with Gasteiger partial charge in [0, 0.05) is 5.92 Å². The first-order valence-electron chi connectivity index (χ1n) is 10.9. The Labute approximate surface area is 188 Å². The molecule has 4 nitrogen and oxygen atoms in total. The number of allylic oxidation sites excluding steroid dienone is 1. The number of ketones is 1. The number of fused-ring (bicyclic) bond motifs is 3. The lowest BCUT2D eigenvalue weighted by Crippen LogP contribution is -2.53. The van der Waals surface area contributed by atoms with Gasteiger partial charge in [-0.3, -0.25) is 14.5 Å². The molecule has 0 N–H and O–H groups in total. The lowest BCUT2D eigenvalue weighted by molar-refractivity contribution is -0.149. The molecule has 0 saturated carbocycles. The Morgan fingerprint density at radius 3 is 2.12 bits per heavy atom. The van der Waals surface area contributed by atoms with Crippen molar-refractivity contribution < 1.29 is 14.3 Å². The predicted octanol–water partition coefficient (Wildman–Crippen LogP) is 4.58. The second-order valence-electron chi connectivity index (χ2n) is 8.36. The van der Waals surface area contributed by atoms with Gasteiger partial charge in [0.15, 0.2) is 5.78 Å². The van der Waals surface area contributed by atoms with E-state index in [2.05, 4.69) is 47.9 Å². The van der Waals surface area contributed by atoms with E-state index in [-0.39, 0.29) is 18.3 Å². The van der Waals surface area contributed by atoms with Gasteiger partial charge in [-0.05, 0) is 34.2 Å². The zero-order valence-electron chi connectivity index (χ0n) is 18.0. The Morgan fingerprint density at radius 1 is 1.00 bits per heavy atom. The van der Waals surface area contributed by atoms with Crippen LogP contribution >= 0.6 is 0 Å². The number of rotatable bonds is 5. The number of nitrogens with zero attached hydrogens (tertiary/aromatic N) is 1. The SMILES string of the molecule is C=CC[C@H]1C(=O)CN(C2(c3ccccc3)c3ccccc3-c3ccccc32)[C@@H]1C(=O)OC. The number of carbonyl (C=O) groups is 2. The maximum absolute atomic E-state index is 13.3. The summed E-state index contributed by atoms with van der Waals surface area (Å²) >= 11 is 0. The molecule has 32 heavy (non-hydrogen) atoms. The van der Waals surface area contributed by atoms with Crippen LogP contribution in [0.25, 0.3) is 11.1 Å². The molecule has 1 heterocycles. The fraction of sp³-hybridized carbons (Fsp3) is 0.214. The van der Waals surface area contributed by atoms with E-state index in [1.165, 1.54) is 7.11 Å². The summed E-state index contributed by atoms with van der Waals surface area (Å²) in [6.45, 7) is 3.99. The van der Waals surface area contributed by atoms with Crippen molar-refractivity contribution in [3.05, 3.63) is 108 Å². The van der Waals surface area contributed by atoms with E-state index in [1.807, 2.05) is 42.5 Å². The van der Waals surface area contributed by atoms with Gasteiger partial charge in [-0.2, -0.15) is 0 Å². The highest BCUT2D eigenvalue weighted by Gasteiger charge is 2.58. The molecule has 3 aromatic rings. The number of hydrogen-bond donors (Lipinski definition) is 0. The first-order chi connectivity index (χ1) is 15.6. The highest BCUT2D eigenvalue weighted by molar-refractivity contribution is 5.95. The van der Waals surface area contributed by atoms with Crippen molar-refractivity contribution in [3.8, 4) is 11.1 Å². The summed E-state index contributed by atoms with van der Waals surface area (Å²) in [5, 5.41) is 0. The molecule has 2 atom stereocenters. The molecule has 2 aliphatic rings. The number of likely N-dealkylation sites (tertiary alicyclic amines) is 1. The fourth-order valence-corrected chi connectivity index (χ4v) is 5.63. The molecular weight excluding hydrogens is 398 g/mol. The van der Waals surface area contributed by atoms with E-state index in [4.69, 9.17) is 4.74 Å². The Balaban J connectivity index is 1.86. The van der Waals surface area contributed by atoms with Crippen molar-refractivity contribution >= 4 is 11.8 Å². The second kappa shape index (κ2) is 7.88. The third-order valence-electron chi connectivity index (χ3n) is 6.87. The van der Waals surface area contributed by atoms with E-state index in [0.29, 0.717) is 6.42 Å². The summed E-state index contributed by atoms with van der Waals surface area (Å²) < 4.78 is 5.24. The summed E-state index contributed by atoms with van der Waals surface area (Å²) in [4.78, 5) is 28.5. The molecule has 0 bridgehead atoms. The van der Waals surface area contributed by atoms with Gasteiger partial charge in [0.05, 0.1) is 19.2 Å². The van der Waals surface area contributed by atoms with Crippen LogP contribution in [0.3, 0.4) is 0 Å². The quantitative estimate of drug-likeness (QED) is 0.445. The van der Waals surface area contributed by atoms with Crippen LogP contribution in [0.1, 0.15) is 23.1 Å². The van der Waals surface area contributed by atoms with Crippen LogP contribution in [0, 0.1) is 5.92 Å². The van der Waals surface area contributed by atoms with Crippen molar-refractivity contribution in [2.45, 2.75) is 18.0 Å². The molecule has 0 unspecified atom stereocenters. The molecule has 1 aliphatic carbocycles. The molecular formula is C28H25NO3. The first-order valence-corrected chi connectivity index (χ1v) is 10.9. The number of methoxy groups -OCH3 is 1. The van der Waals surface area contributed by atoms with E-state index >= 15 is 0 Å². The zero-order valence-corrected chi connectivity index (χ0v) is 18.0. The van der Waals surface area contributed by atoms with Gasteiger partial charge < -0.3 is 4.74 Å². The third-order valence-corrected chi connectivity index (χ3v) is 6.87. The van der Waals surface area contributed by atoms with Crippen LogP contribution in [0.15, 0.2) is 91.5 Å². The van der Waals surface area contributed by atoms with Gasteiger partial charge in [-0.1, -0.05) is 84.9 Å². The molecule has 1 aliphatic heterocycles. The van der Waals surface area contributed by atoms with E-state index in [1.54, 1.807) is 6.08 Å². The van der Waals surface area contributed by atoms with E-state index in [0.717, 1.165) is 27.8 Å². The largest absolute Gasteiger partial charge is 0.468 e. The van der Waals surface area contributed by atoms with Gasteiger partial charge in [-0.15, -0.1) is 6.58 Å². The topological polar surface area (TPSA) is 46.6 Å². The highest BCUT2D eigenvalue weighted by Crippen LogP contribution is 2.56. The molecule has 0 radical (unpaired) electrons. The van der Waals surface area contributed by atoms with Gasteiger partial charge >= 0.3 is 5.97 Å². The summed E-state index contributed by atoms with van der Waals surface area (Å²) in [6.07, 6.45) is 2.15. The van der Waals surface area contributed by atoms with Crippen molar-refractivity contribution in [3.63, 3.8) is 0 Å². The number of hydrogen-bond acceptors (Lipinski definition) is 4. The summed E-state index contributed by atoms with van der Waals surface area (Å²) in [5.41, 5.74) is 4.64. The lowest BCUT2D eigenvalue weighted by Gasteiger charge is -2.43. The minimum atomic E-state index is -0.779. The highest BCUT2D eigenvalue weighted by atomic mass is 16.5. The maximum atomic E-state index is 13.3. The molecule has 0 spiro atoms. The van der Waals surface area contributed by atoms with Crippen molar-refractivity contribution in [2.75, 3.05) is 13.7 Å². The average molecular weight is 424 g/mol. The molecule has 3 aromatic carbocycles. The minimum absolute atomic E-state index is 0.0393. The van der Waals surface area contributed by atoms with Crippen molar-refractivity contribution in [2.24, 2.45) is 5.92 Å². The predicted molar refractivity (Wildman–Crippen MR) is 124 cm³/mol. The summed E-state index contributed by atoms with van der Waals surface area (Å²) in [5.74, 6) is -0.835. The molecule has 1 saturated heterocycles. The van der Waals surface area contributed by atoms with Crippen LogP contribution in [0.2, 0.25) is 0 Å². The number of esters is 1. The molecule has 0 aromatic heterocycles. The van der Waals surface area contributed by atoms with E-state index < -0.39 is 17.5 Å². The standard InChI is InChI=1S/C28H25NO3/c1-3-11-22-25(30)18-29(26(22)27(31)32-2)28(19-12-5-4-6-13-19)23-16-9-7-14-20(23)21-15-8-10-17-24(21)28/h3-10,12-17,22,26H,1,11,18H2,2H3/t22-,26-/m0/s1. The van der Waals surface area contributed by atoms with Crippen LogP contribution in [-0.4, -0.2) is 36.3 Å². The second-order valence-corrected chi connectivity index (χ2v) is 8.36. The number of benzene rings is 3. The van der Waals surface area contributed by atoms with Gasteiger partial charge in [0.2, 0.25) is 0 Å². The summed E-state index contributed by atoms with van der Waals surface area (Å²) in [6, 6.07) is 26.0. The van der Waals surface area contributed by atoms with Gasteiger partial charge in [-0.25, -0.2) is 0 Å². The van der Waals surface area contributed by atoms with Crippen molar-refractivity contribution in [1.82, 2.24) is 4.90 Å². The van der Waals surface area contributed by atoms with Crippen LogP contribution < -0.4 is 0 Å². The van der Waals surface area contributed by atoms with Crippen LogP contribution in [0.5, 0.6) is 0 Å². The Hall–Kier alpha value is -3.50. The lowest BCUT2D eigenvalue weighted by atomic mass is 9.78.